The molecule has 1 aliphatic heterocycles. The van der Waals surface area contributed by atoms with Crippen LogP contribution in [0.4, 0.5) is 5.82 Å². The molecule has 1 amide bonds. The van der Waals surface area contributed by atoms with E-state index in [2.05, 4.69) is 34.4 Å². The lowest BCUT2D eigenvalue weighted by Gasteiger charge is -2.23. The Bertz CT molecular complexity index is 440. The van der Waals surface area contributed by atoms with Crippen LogP contribution in [0.1, 0.15) is 43.5 Å². The summed E-state index contributed by atoms with van der Waals surface area (Å²) in [4.78, 5) is 18.8. The number of rotatable bonds is 7. The van der Waals surface area contributed by atoms with Crippen molar-refractivity contribution in [2.45, 2.75) is 39.2 Å². The van der Waals surface area contributed by atoms with Crippen molar-refractivity contribution in [3.63, 3.8) is 0 Å². The second kappa shape index (κ2) is 7.98. The van der Waals surface area contributed by atoms with E-state index in [1.165, 1.54) is 12.8 Å². The molecule has 21 heavy (non-hydrogen) atoms. The van der Waals surface area contributed by atoms with Gasteiger partial charge in [0.2, 0.25) is 0 Å². The highest BCUT2D eigenvalue weighted by Gasteiger charge is 2.18. The van der Waals surface area contributed by atoms with Gasteiger partial charge in [-0.3, -0.25) is 9.69 Å². The van der Waals surface area contributed by atoms with Crippen molar-refractivity contribution in [1.29, 1.82) is 0 Å². The van der Waals surface area contributed by atoms with Gasteiger partial charge in [-0.1, -0.05) is 6.92 Å². The molecule has 5 nitrogen and oxygen atoms in total. The smallest absolute Gasteiger partial charge is 0.252 e. The van der Waals surface area contributed by atoms with Crippen LogP contribution in [0.2, 0.25) is 0 Å². The van der Waals surface area contributed by atoms with Crippen molar-refractivity contribution in [3.8, 4) is 0 Å². The summed E-state index contributed by atoms with van der Waals surface area (Å²) >= 11 is 0. The van der Waals surface area contributed by atoms with Gasteiger partial charge < -0.3 is 10.6 Å². The molecule has 1 aromatic rings. The molecule has 1 saturated heterocycles. The fourth-order valence-electron chi connectivity index (χ4n) is 2.54. The number of amides is 1. The number of nitrogens with zero attached hydrogens (tertiary/aromatic N) is 2. The maximum Gasteiger partial charge on any atom is 0.252 e. The summed E-state index contributed by atoms with van der Waals surface area (Å²) in [6.07, 6.45) is 5.23. The Balaban J connectivity index is 1.79. The standard InChI is InChI=1S/C16H26N4O/c1-3-8-17-15-7-6-14(12-18-15)16(21)19-11-13(2)20-9-4-5-10-20/h6-7,12-13H,3-5,8-11H2,1-2H3,(H,17,18)(H,19,21). The molecule has 0 aliphatic carbocycles. The Morgan fingerprint density at radius 3 is 2.76 bits per heavy atom. The molecule has 1 aromatic heterocycles. The number of aromatic nitrogens is 1. The maximum absolute atomic E-state index is 12.1. The second-order valence-corrected chi connectivity index (χ2v) is 5.66. The summed E-state index contributed by atoms with van der Waals surface area (Å²) in [5.41, 5.74) is 0.616. The van der Waals surface area contributed by atoms with Crippen molar-refractivity contribution >= 4 is 11.7 Å². The molecule has 2 heterocycles. The highest BCUT2D eigenvalue weighted by molar-refractivity contribution is 5.94. The Kier molecular flexibility index (Phi) is 5.99. The molecule has 0 radical (unpaired) electrons. The highest BCUT2D eigenvalue weighted by Crippen LogP contribution is 2.11. The van der Waals surface area contributed by atoms with Crippen molar-refractivity contribution in [2.24, 2.45) is 0 Å². The zero-order valence-corrected chi connectivity index (χ0v) is 13.1. The van der Waals surface area contributed by atoms with Crippen molar-refractivity contribution in [1.82, 2.24) is 15.2 Å². The molecule has 1 aliphatic rings. The van der Waals surface area contributed by atoms with Gasteiger partial charge in [-0.2, -0.15) is 0 Å². The Morgan fingerprint density at radius 1 is 1.38 bits per heavy atom. The van der Waals surface area contributed by atoms with Gasteiger partial charge in [0.15, 0.2) is 0 Å². The molecule has 0 spiro atoms. The molecule has 5 heteroatoms. The van der Waals surface area contributed by atoms with Crippen LogP contribution < -0.4 is 10.6 Å². The van der Waals surface area contributed by atoms with Crippen molar-refractivity contribution in [3.05, 3.63) is 23.9 Å². The van der Waals surface area contributed by atoms with Gasteiger partial charge in [-0.05, 0) is 51.4 Å². The van der Waals surface area contributed by atoms with Crippen LogP contribution in [0, 0.1) is 0 Å². The number of likely N-dealkylation sites (tertiary alicyclic amines) is 1. The molecule has 0 saturated carbocycles. The summed E-state index contributed by atoms with van der Waals surface area (Å²) < 4.78 is 0. The highest BCUT2D eigenvalue weighted by atomic mass is 16.1. The zero-order chi connectivity index (χ0) is 15.1. The van der Waals surface area contributed by atoms with E-state index in [-0.39, 0.29) is 5.91 Å². The third-order valence-corrected chi connectivity index (χ3v) is 3.90. The van der Waals surface area contributed by atoms with Crippen LogP contribution in [0.25, 0.3) is 0 Å². The first-order chi connectivity index (χ1) is 10.2. The first-order valence-corrected chi connectivity index (χ1v) is 7.93. The van der Waals surface area contributed by atoms with Crippen LogP contribution in [-0.4, -0.2) is 48.0 Å². The van der Waals surface area contributed by atoms with Gasteiger partial charge in [0, 0.05) is 25.3 Å². The topological polar surface area (TPSA) is 57.3 Å². The Labute approximate surface area is 127 Å². The van der Waals surface area contributed by atoms with E-state index in [9.17, 15) is 4.79 Å². The van der Waals surface area contributed by atoms with Gasteiger partial charge in [0.05, 0.1) is 5.56 Å². The molecule has 0 bridgehead atoms. The molecule has 1 unspecified atom stereocenters. The van der Waals surface area contributed by atoms with Gasteiger partial charge >= 0.3 is 0 Å². The van der Waals surface area contributed by atoms with Gasteiger partial charge in [0.1, 0.15) is 5.82 Å². The van der Waals surface area contributed by atoms with Gasteiger partial charge in [-0.15, -0.1) is 0 Å². The second-order valence-electron chi connectivity index (χ2n) is 5.66. The fourth-order valence-corrected chi connectivity index (χ4v) is 2.54. The largest absolute Gasteiger partial charge is 0.370 e. The SMILES string of the molecule is CCCNc1ccc(C(=O)NCC(C)N2CCCC2)cn1. The number of hydrogen-bond donors (Lipinski definition) is 2. The van der Waals surface area contributed by atoms with E-state index in [0.717, 1.165) is 31.9 Å². The summed E-state index contributed by atoms with van der Waals surface area (Å²) in [6, 6.07) is 4.07. The van der Waals surface area contributed by atoms with Gasteiger partial charge in [-0.25, -0.2) is 4.98 Å². The first-order valence-electron chi connectivity index (χ1n) is 7.93. The minimum absolute atomic E-state index is 0.0458. The number of pyridine rings is 1. The Morgan fingerprint density at radius 2 is 2.14 bits per heavy atom. The van der Waals surface area contributed by atoms with Crippen LogP contribution in [0.15, 0.2) is 18.3 Å². The average Bonchev–Trinajstić information content (AvgIpc) is 3.05. The predicted octanol–water partition coefficient (Wildman–Crippen LogP) is 2.12. The van der Waals surface area contributed by atoms with Crippen molar-refractivity contribution in [2.75, 3.05) is 31.5 Å². The number of hydrogen-bond acceptors (Lipinski definition) is 4. The molecular formula is C16H26N4O. The van der Waals surface area contributed by atoms with Crippen LogP contribution in [-0.2, 0) is 0 Å². The lowest BCUT2D eigenvalue weighted by atomic mass is 10.2. The molecule has 1 fully saturated rings. The number of anilines is 1. The normalized spacial score (nSPS) is 16.7. The molecule has 2 rings (SSSR count). The first kappa shape index (κ1) is 15.8. The molecule has 1 atom stereocenters. The summed E-state index contributed by atoms with van der Waals surface area (Å²) in [5.74, 6) is 0.773. The van der Waals surface area contributed by atoms with E-state index in [1.54, 1.807) is 6.20 Å². The summed E-state index contributed by atoms with van der Waals surface area (Å²) in [7, 11) is 0. The van der Waals surface area contributed by atoms with E-state index in [1.807, 2.05) is 12.1 Å². The van der Waals surface area contributed by atoms with Crippen LogP contribution in [0.5, 0.6) is 0 Å². The number of carbonyl (C=O) groups excluding carboxylic acids is 1. The third kappa shape index (κ3) is 4.70. The quantitative estimate of drug-likeness (QED) is 0.807. The van der Waals surface area contributed by atoms with Crippen molar-refractivity contribution < 1.29 is 4.79 Å². The lowest BCUT2D eigenvalue weighted by molar-refractivity contribution is 0.0940. The summed E-state index contributed by atoms with van der Waals surface area (Å²) in [6.45, 7) is 8.16. The average molecular weight is 290 g/mol. The van der Waals surface area contributed by atoms with Crippen LogP contribution in [0.3, 0.4) is 0 Å². The fraction of sp³-hybridized carbons (Fsp3) is 0.625. The van der Waals surface area contributed by atoms with E-state index in [4.69, 9.17) is 0 Å². The third-order valence-electron chi connectivity index (χ3n) is 3.90. The molecular weight excluding hydrogens is 264 g/mol. The lowest BCUT2D eigenvalue weighted by Crippen LogP contribution is -2.40. The van der Waals surface area contributed by atoms with Gasteiger partial charge in [0.25, 0.3) is 5.91 Å². The van der Waals surface area contributed by atoms with E-state index < -0.39 is 0 Å². The molecule has 2 N–H and O–H groups in total. The Hall–Kier alpha value is -1.62. The van der Waals surface area contributed by atoms with Crippen LogP contribution >= 0.6 is 0 Å². The van der Waals surface area contributed by atoms with E-state index in [0.29, 0.717) is 18.2 Å². The monoisotopic (exact) mass is 290 g/mol. The number of nitrogens with one attached hydrogen (secondary N) is 2. The molecule has 116 valence electrons. The van der Waals surface area contributed by atoms with E-state index >= 15 is 0 Å². The predicted molar refractivity (Wildman–Crippen MR) is 85.6 cm³/mol. The number of carbonyl (C=O) groups is 1. The summed E-state index contributed by atoms with van der Waals surface area (Å²) in [5, 5.41) is 6.20. The maximum atomic E-state index is 12.1. The molecule has 0 aromatic carbocycles. The minimum atomic E-state index is -0.0458. The minimum Gasteiger partial charge on any atom is -0.370 e. The zero-order valence-electron chi connectivity index (χ0n) is 13.1.